The second-order valence-corrected chi connectivity index (χ2v) is 7.58. The topological polar surface area (TPSA) is 55.4 Å². The maximum Gasteiger partial charge on any atom is 0.325 e. The Kier molecular flexibility index (Phi) is 5.00. The lowest BCUT2D eigenvalue weighted by molar-refractivity contribution is -0.144. The Balaban J connectivity index is 2.09. The van der Waals surface area contributed by atoms with Crippen LogP contribution in [0.4, 0.5) is 8.78 Å². The molecule has 1 N–H and O–H groups in total. The van der Waals surface area contributed by atoms with Gasteiger partial charge in [0.25, 0.3) is 0 Å². The van der Waals surface area contributed by atoms with Crippen LogP contribution in [0.1, 0.15) is 23.6 Å². The zero-order chi connectivity index (χ0) is 18.9. The average Bonchev–Trinajstić information content (AvgIpc) is 2.93. The summed E-state index contributed by atoms with van der Waals surface area (Å²) in [6.45, 7) is 1.93. The van der Waals surface area contributed by atoms with Gasteiger partial charge in [0.15, 0.2) is 4.75 Å². The van der Waals surface area contributed by atoms with Crippen molar-refractivity contribution >= 4 is 23.6 Å². The third-order valence-electron chi connectivity index (χ3n) is 4.26. The summed E-state index contributed by atoms with van der Waals surface area (Å²) in [5, 5.41) is 2.67. The molecule has 0 saturated carbocycles. The van der Waals surface area contributed by atoms with Gasteiger partial charge in [0.05, 0.1) is 19.6 Å². The van der Waals surface area contributed by atoms with Crippen molar-refractivity contribution in [1.82, 2.24) is 5.32 Å². The second kappa shape index (κ2) is 7.07. The highest BCUT2D eigenvalue weighted by Crippen LogP contribution is 2.49. The number of hydrogen-bond acceptors (Lipinski definition) is 4. The van der Waals surface area contributed by atoms with Gasteiger partial charge in [-0.15, -0.1) is 11.8 Å². The van der Waals surface area contributed by atoms with Crippen LogP contribution in [-0.4, -0.2) is 23.7 Å². The normalized spacial score (nSPS) is 22.2. The number of thioether (sulfide) groups is 1. The first-order valence-electron chi connectivity index (χ1n) is 7.93. The Morgan fingerprint density at radius 1 is 1.19 bits per heavy atom. The van der Waals surface area contributed by atoms with Gasteiger partial charge in [0.2, 0.25) is 5.91 Å². The lowest BCUT2D eigenvalue weighted by Crippen LogP contribution is -2.41. The summed E-state index contributed by atoms with van der Waals surface area (Å²) in [5.74, 6) is -2.57. The molecule has 1 saturated heterocycles. The zero-order valence-corrected chi connectivity index (χ0v) is 15.0. The van der Waals surface area contributed by atoms with Crippen molar-refractivity contribution in [3.05, 3.63) is 65.2 Å². The molecule has 2 aromatic rings. The fourth-order valence-corrected chi connectivity index (χ4v) is 4.46. The minimum absolute atomic E-state index is 0.152. The second-order valence-electron chi connectivity index (χ2n) is 6.18. The van der Waals surface area contributed by atoms with Crippen molar-refractivity contribution in [3.63, 3.8) is 0 Å². The van der Waals surface area contributed by atoms with E-state index in [1.165, 1.54) is 7.11 Å². The van der Waals surface area contributed by atoms with Gasteiger partial charge in [-0.1, -0.05) is 17.7 Å². The highest BCUT2D eigenvalue weighted by molar-refractivity contribution is 8.01. The molecule has 2 aromatic carbocycles. The number of methoxy groups -OCH3 is 1. The zero-order valence-electron chi connectivity index (χ0n) is 14.2. The molecule has 3 rings (SSSR count). The summed E-state index contributed by atoms with van der Waals surface area (Å²) in [6, 6.07) is 9.49. The molecule has 1 aliphatic rings. The molecule has 0 aliphatic carbocycles. The number of nitrogens with one attached hydrogen (secondary N) is 1. The first-order chi connectivity index (χ1) is 12.3. The first-order valence-corrected chi connectivity index (χ1v) is 8.75. The predicted molar refractivity (Wildman–Crippen MR) is 93.6 cm³/mol. The SMILES string of the molecule is COC(=O)C1(Sc2ccc(C)cc2)CC(=O)N[C@@H]1c1cc(F)cc(F)c1. The van der Waals surface area contributed by atoms with Crippen LogP contribution < -0.4 is 5.32 Å². The van der Waals surface area contributed by atoms with Crippen molar-refractivity contribution in [2.75, 3.05) is 7.11 Å². The van der Waals surface area contributed by atoms with Gasteiger partial charge in [-0.3, -0.25) is 9.59 Å². The standard InChI is InChI=1S/C19H17F2NO3S/c1-11-3-5-15(6-4-11)26-19(18(24)25-2)10-16(23)22-17(19)12-7-13(20)9-14(21)8-12/h3-9,17H,10H2,1-2H3,(H,22,23)/t17-,19?/m1/s1. The number of halogens is 2. The Labute approximate surface area is 153 Å². The molecule has 0 radical (unpaired) electrons. The summed E-state index contributed by atoms with van der Waals surface area (Å²) in [7, 11) is 1.23. The van der Waals surface area contributed by atoms with Crippen molar-refractivity contribution in [2.24, 2.45) is 0 Å². The number of hydrogen-bond donors (Lipinski definition) is 1. The molecule has 1 unspecified atom stereocenters. The van der Waals surface area contributed by atoms with E-state index in [1.807, 2.05) is 31.2 Å². The Hall–Kier alpha value is -2.41. The summed E-state index contributed by atoms with van der Waals surface area (Å²) in [5.41, 5.74) is 1.23. The third kappa shape index (κ3) is 3.44. The van der Waals surface area contributed by atoms with E-state index in [0.717, 1.165) is 40.4 Å². The van der Waals surface area contributed by atoms with E-state index in [9.17, 15) is 18.4 Å². The molecule has 0 bridgehead atoms. The summed E-state index contributed by atoms with van der Waals surface area (Å²) in [4.78, 5) is 25.6. The highest BCUT2D eigenvalue weighted by atomic mass is 32.2. The van der Waals surface area contributed by atoms with Gasteiger partial charge < -0.3 is 10.1 Å². The number of carbonyl (C=O) groups is 2. The number of carbonyl (C=O) groups excluding carboxylic acids is 2. The van der Waals surface area contributed by atoms with E-state index in [2.05, 4.69) is 5.32 Å². The maximum atomic E-state index is 13.7. The van der Waals surface area contributed by atoms with Crippen LogP contribution in [-0.2, 0) is 14.3 Å². The van der Waals surface area contributed by atoms with Crippen LogP contribution in [0.25, 0.3) is 0 Å². The molecule has 1 aliphatic heterocycles. The minimum Gasteiger partial charge on any atom is -0.468 e. The van der Waals surface area contributed by atoms with Crippen molar-refractivity contribution in [1.29, 1.82) is 0 Å². The molecular weight excluding hydrogens is 360 g/mol. The van der Waals surface area contributed by atoms with Crippen LogP contribution in [0.2, 0.25) is 0 Å². The van der Waals surface area contributed by atoms with Crippen LogP contribution in [0, 0.1) is 18.6 Å². The van der Waals surface area contributed by atoms with Crippen molar-refractivity contribution < 1.29 is 23.1 Å². The number of rotatable bonds is 4. The Bertz CT molecular complexity index is 836. The van der Waals surface area contributed by atoms with E-state index in [1.54, 1.807) is 0 Å². The number of esters is 1. The summed E-state index contributed by atoms with van der Waals surface area (Å²) in [6.07, 6.45) is -0.152. The molecular formula is C19H17F2NO3S. The molecule has 26 heavy (non-hydrogen) atoms. The van der Waals surface area contributed by atoms with Crippen LogP contribution in [0.5, 0.6) is 0 Å². The van der Waals surface area contributed by atoms with Gasteiger partial charge in [-0.25, -0.2) is 8.78 Å². The number of amides is 1. The smallest absolute Gasteiger partial charge is 0.325 e. The molecule has 1 amide bonds. The maximum absolute atomic E-state index is 13.7. The van der Waals surface area contributed by atoms with E-state index in [0.29, 0.717) is 0 Å². The van der Waals surface area contributed by atoms with E-state index < -0.39 is 28.4 Å². The minimum atomic E-state index is -1.36. The fourth-order valence-electron chi connectivity index (χ4n) is 3.08. The van der Waals surface area contributed by atoms with E-state index in [-0.39, 0.29) is 17.9 Å². The molecule has 0 spiro atoms. The van der Waals surface area contributed by atoms with Gasteiger partial charge in [-0.2, -0.15) is 0 Å². The monoisotopic (exact) mass is 377 g/mol. The molecule has 0 aromatic heterocycles. The summed E-state index contributed by atoms with van der Waals surface area (Å²) >= 11 is 1.16. The third-order valence-corrected chi connectivity index (χ3v) is 5.68. The fraction of sp³-hybridized carbons (Fsp3) is 0.263. The average molecular weight is 377 g/mol. The van der Waals surface area contributed by atoms with Crippen LogP contribution in [0.3, 0.4) is 0 Å². The van der Waals surface area contributed by atoms with E-state index in [4.69, 9.17) is 4.74 Å². The molecule has 1 heterocycles. The number of aryl methyl sites for hydroxylation is 1. The number of benzene rings is 2. The van der Waals surface area contributed by atoms with Gasteiger partial charge in [0.1, 0.15) is 11.6 Å². The lowest BCUT2D eigenvalue weighted by Gasteiger charge is -2.31. The van der Waals surface area contributed by atoms with Crippen LogP contribution >= 0.6 is 11.8 Å². The summed E-state index contributed by atoms with van der Waals surface area (Å²) < 4.78 is 31.0. The Morgan fingerprint density at radius 2 is 1.81 bits per heavy atom. The van der Waals surface area contributed by atoms with Crippen LogP contribution in [0.15, 0.2) is 47.4 Å². The van der Waals surface area contributed by atoms with Gasteiger partial charge >= 0.3 is 5.97 Å². The lowest BCUT2D eigenvalue weighted by atomic mass is 9.93. The predicted octanol–water partition coefficient (Wildman–Crippen LogP) is 3.54. The molecule has 7 heteroatoms. The first kappa shape index (κ1) is 18.4. The van der Waals surface area contributed by atoms with Gasteiger partial charge in [0, 0.05) is 11.0 Å². The quantitative estimate of drug-likeness (QED) is 0.828. The van der Waals surface area contributed by atoms with Crippen molar-refractivity contribution in [2.45, 2.75) is 29.0 Å². The molecule has 1 fully saturated rings. The molecule has 2 atom stereocenters. The highest BCUT2D eigenvalue weighted by Gasteiger charge is 2.55. The van der Waals surface area contributed by atoms with E-state index >= 15 is 0 Å². The number of ether oxygens (including phenoxy) is 1. The molecule has 4 nitrogen and oxygen atoms in total. The van der Waals surface area contributed by atoms with Gasteiger partial charge in [-0.05, 0) is 36.8 Å². The molecule has 136 valence electrons. The van der Waals surface area contributed by atoms with Crippen molar-refractivity contribution in [3.8, 4) is 0 Å². The Morgan fingerprint density at radius 3 is 2.38 bits per heavy atom. The largest absolute Gasteiger partial charge is 0.468 e.